The Morgan fingerprint density at radius 1 is 1.44 bits per heavy atom. The Bertz CT molecular complexity index is 433. The Morgan fingerprint density at radius 3 is 2.67 bits per heavy atom. The van der Waals surface area contributed by atoms with E-state index in [2.05, 4.69) is 10.3 Å². The summed E-state index contributed by atoms with van der Waals surface area (Å²) < 4.78 is 37.2. The fraction of sp³-hybridized carbons (Fsp3) is 0.545. The SMILES string of the molecule is OC(c1ccc(C(F)(F)F)nc1Cl)C1CCCN1. The van der Waals surface area contributed by atoms with Crippen molar-refractivity contribution in [3.63, 3.8) is 0 Å². The molecule has 1 aromatic heterocycles. The maximum Gasteiger partial charge on any atom is 0.433 e. The van der Waals surface area contributed by atoms with Gasteiger partial charge >= 0.3 is 6.18 Å². The van der Waals surface area contributed by atoms with Gasteiger partial charge in [-0.3, -0.25) is 0 Å². The number of rotatable bonds is 2. The highest BCUT2D eigenvalue weighted by atomic mass is 35.5. The number of aromatic nitrogens is 1. The smallest absolute Gasteiger partial charge is 0.387 e. The van der Waals surface area contributed by atoms with E-state index in [9.17, 15) is 18.3 Å². The molecule has 0 saturated carbocycles. The summed E-state index contributed by atoms with van der Waals surface area (Å²) in [5.41, 5.74) is -0.827. The van der Waals surface area contributed by atoms with Gasteiger partial charge in [-0.15, -0.1) is 0 Å². The van der Waals surface area contributed by atoms with Crippen molar-refractivity contribution >= 4 is 11.6 Å². The molecule has 3 nitrogen and oxygen atoms in total. The Morgan fingerprint density at radius 2 is 2.17 bits per heavy atom. The van der Waals surface area contributed by atoms with Crippen molar-refractivity contribution in [1.82, 2.24) is 10.3 Å². The quantitative estimate of drug-likeness (QED) is 0.819. The third-order valence-corrected chi connectivity index (χ3v) is 3.27. The van der Waals surface area contributed by atoms with E-state index in [-0.39, 0.29) is 16.8 Å². The number of aliphatic hydroxyl groups is 1. The molecule has 2 unspecified atom stereocenters. The molecule has 2 rings (SSSR count). The number of hydrogen-bond acceptors (Lipinski definition) is 3. The molecule has 18 heavy (non-hydrogen) atoms. The molecule has 2 heterocycles. The van der Waals surface area contributed by atoms with Crippen molar-refractivity contribution in [2.24, 2.45) is 0 Å². The predicted molar refractivity (Wildman–Crippen MR) is 60.2 cm³/mol. The van der Waals surface area contributed by atoms with Crippen molar-refractivity contribution in [3.05, 3.63) is 28.5 Å². The molecule has 1 aromatic rings. The van der Waals surface area contributed by atoms with Crippen LogP contribution in [-0.4, -0.2) is 22.7 Å². The van der Waals surface area contributed by atoms with E-state index in [4.69, 9.17) is 11.6 Å². The molecule has 0 aromatic carbocycles. The lowest BCUT2D eigenvalue weighted by molar-refractivity contribution is -0.141. The largest absolute Gasteiger partial charge is 0.433 e. The highest BCUT2D eigenvalue weighted by molar-refractivity contribution is 6.30. The average Bonchev–Trinajstić information content (AvgIpc) is 2.80. The average molecular weight is 281 g/mol. The first-order valence-electron chi connectivity index (χ1n) is 5.54. The molecular weight excluding hydrogens is 269 g/mol. The Hall–Kier alpha value is -0.850. The summed E-state index contributed by atoms with van der Waals surface area (Å²) in [6.07, 6.45) is -3.78. The molecule has 0 amide bonds. The first kappa shape index (κ1) is 13.6. The minimum absolute atomic E-state index is 0.180. The molecule has 1 aliphatic heterocycles. The second-order valence-corrected chi connectivity index (χ2v) is 4.58. The molecular formula is C11H12ClF3N2O. The third-order valence-electron chi connectivity index (χ3n) is 2.97. The Kier molecular flexibility index (Phi) is 3.79. The monoisotopic (exact) mass is 280 g/mol. The number of hydrogen-bond donors (Lipinski definition) is 2. The van der Waals surface area contributed by atoms with Gasteiger partial charge in [-0.2, -0.15) is 13.2 Å². The lowest BCUT2D eigenvalue weighted by Gasteiger charge is -2.19. The van der Waals surface area contributed by atoms with Crippen LogP contribution in [0.4, 0.5) is 13.2 Å². The van der Waals surface area contributed by atoms with Gasteiger partial charge in [-0.1, -0.05) is 17.7 Å². The van der Waals surface area contributed by atoms with Crippen LogP contribution in [0.5, 0.6) is 0 Å². The van der Waals surface area contributed by atoms with Gasteiger partial charge in [0.15, 0.2) is 0 Å². The molecule has 7 heteroatoms. The van der Waals surface area contributed by atoms with Crippen molar-refractivity contribution in [1.29, 1.82) is 0 Å². The normalized spacial score (nSPS) is 22.2. The third kappa shape index (κ3) is 2.76. The minimum Gasteiger partial charge on any atom is -0.387 e. The highest BCUT2D eigenvalue weighted by Crippen LogP contribution is 2.32. The van der Waals surface area contributed by atoms with Gasteiger partial charge in [0.05, 0.1) is 6.10 Å². The molecule has 0 aliphatic carbocycles. The molecule has 1 fully saturated rings. The zero-order valence-electron chi connectivity index (χ0n) is 9.34. The van der Waals surface area contributed by atoms with Crippen LogP contribution in [-0.2, 0) is 6.18 Å². The van der Waals surface area contributed by atoms with E-state index in [0.29, 0.717) is 0 Å². The lowest BCUT2D eigenvalue weighted by atomic mass is 10.0. The molecule has 1 aliphatic rings. The van der Waals surface area contributed by atoms with Crippen LogP contribution in [0, 0.1) is 0 Å². The van der Waals surface area contributed by atoms with E-state index >= 15 is 0 Å². The summed E-state index contributed by atoms with van der Waals surface area (Å²) in [5.74, 6) is 0. The standard InChI is InChI=1S/C11H12ClF3N2O/c12-10-6(9(18)7-2-1-5-16-7)3-4-8(17-10)11(13,14)15/h3-4,7,9,16,18H,1-2,5H2. The first-order valence-corrected chi connectivity index (χ1v) is 5.92. The van der Waals surface area contributed by atoms with Gasteiger partial charge in [0.25, 0.3) is 0 Å². The van der Waals surface area contributed by atoms with Gasteiger partial charge < -0.3 is 10.4 Å². The van der Waals surface area contributed by atoms with Crippen molar-refractivity contribution in [2.45, 2.75) is 31.2 Å². The van der Waals surface area contributed by atoms with Gasteiger partial charge in [0, 0.05) is 11.6 Å². The summed E-state index contributed by atoms with van der Waals surface area (Å²) in [6, 6.07) is 1.84. The fourth-order valence-corrected chi connectivity index (χ4v) is 2.29. The predicted octanol–water partition coefficient (Wildman–Crippen LogP) is 2.54. The number of nitrogens with zero attached hydrogens (tertiary/aromatic N) is 1. The van der Waals surface area contributed by atoms with Crippen molar-refractivity contribution < 1.29 is 18.3 Å². The topological polar surface area (TPSA) is 45.2 Å². The molecule has 2 atom stereocenters. The summed E-state index contributed by atoms with van der Waals surface area (Å²) in [5, 5.41) is 12.8. The van der Waals surface area contributed by atoms with Crippen LogP contribution in [0.3, 0.4) is 0 Å². The van der Waals surface area contributed by atoms with Crippen LogP contribution in [0.25, 0.3) is 0 Å². The molecule has 1 saturated heterocycles. The number of aliphatic hydroxyl groups excluding tert-OH is 1. The van der Waals surface area contributed by atoms with E-state index in [0.717, 1.165) is 25.5 Å². The van der Waals surface area contributed by atoms with E-state index in [1.54, 1.807) is 0 Å². The molecule has 0 spiro atoms. The maximum absolute atomic E-state index is 12.4. The molecule has 2 N–H and O–H groups in total. The summed E-state index contributed by atoms with van der Waals surface area (Å²) in [4.78, 5) is 3.29. The number of halogens is 4. The number of alkyl halides is 3. The van der Waals surface area contributed by atoms with Gasteiger partial charge in [-0.05, 0) is 25.5 Å². The van der Waals surface area contributed by atoms with Gasteiger partial charge in [0.1, 0.15) is 10.8 Å². The number of nitrogens with one attached hydrogen (secondary N) is 1. The van der Waals surface area contributed by atoms with Crippen LogP contribution in [0.2, 0.25) is 5.15 Å². The second kappa shape index (κ2) is 5.03. The maximum atomic E-state index is 12.4. The van der Waals surface area contributed by atoms with Crippen LogP contribution in [0.15, 0.2) is 12.1 Å². The van der Waals surface area contributed by atoms with Gasteiger partial charge in [-0.25, -0.2) is 4.98 Å². The van der Waals surface area contributed by atoms with Crippen molar-refractivity contribution in [3.8, 4) is 0 Å². The fourth-order valence-electron chi connectivity index (χ4n) is 2.02. The zero-order valence-corrected chi connectivity index (χ0v) is 10.1. The van der Waals surface area contributed by atoms with E-state index < -0.39 is 18.0 Å². The number of pyridine rings is 1. The molecule has 0 bridgehead atoms. The lowest BCUT2D eigenvalue weighted by Crippen LogP contribution is -2.29. The van der Waals surface area contributed by atoms with Crippen LogP contribution >= 0.6 is 11.6 Å². The Labute approximate surface area is 107 Å². The first-order chi connectivity index (χ1) is 8.39. The highest BCUT2D eigenvalue weighted by Gasteiger charge is 2.34. The van der Waals surface area contributed by atoms with E-state index in [1.807, 2.05) is 0 Å². The van der Waals surface area contributed by atoms with Crippen LogP contribution < -0.4 is 5.32 Å². The zero-order chi connectivity index (χ0) is 13.3. The minimum atomic E-state index is -4.53. The summed E-state index contributed by atoms with van der Waals surface area (Å²) in [6.45, 7) is 0.785. The van der Waals surface area contributed by atoms with Gasteiger partial charge in [0.2, 0.25) is 0 Å². The second-order valence-electron chi connectivity index (χ2n) is 4.22. The molecule has 0 radical (unpaired) electrons. The Balaban J connectivity index is 2.24. The summed E-state index contributed by atoms with van der Waals surface area (Å²) in [7, 11) is 0. The van der Waals surface area contributed by atoms with E-state index in [1.165, 1.54) is 6.07 Å². The van der Waals surface area contributed by atoms with Crippen molar-refractivity contribution in [2.75, 3.05) is 6.54 Å². The molecule has 100 valence electrons. The van der Waals surface area contributed by atoms with Crippen LogP contribution in [0.1, 0.15) is 30.2 Å². The summed E-state index contributed by atoms with van der Waals surface area (Å²) >= 11 is 5.71.